The molecule has 0 aromatic heterocycles. The van der Waals surface area contributed by atoms with E-state index in [9.17, 15) is 0 Å². The summed E-state index contributed by atoms with van der Waals surface area (Å²) in [4.78, 5) is 0. The van der Waals surface area contributed by atoms with Crippen LogP contribution in [-0.2, 0) is 5.41 Å². The van der Waals surface area contributed by atoms with E-state index in [1.165, 1.54) is 27.8 Å². The molecule has 0 aliphatic heterocycles. The molecule has 1 aliphatic rings. The van der Waals surface area contributed by atoms with Gasteiger partial charge in [0.15, 0.2) is 0 Å². The van der Waals surface area contributed by atoms with Crippen LogP contribution in [0.2, 0.25) is 0 Å². The van der Waals surface area contributed by atoms with Crippen molar-refractivity contribution in [1.82, 2.24) is 0 Å². The van der Waals surface area contributed by atoms with Crippen LogP contribution in [0.15, 0.2) is 78.9 Å². The molecule has 1 unspecified atom stereocenters. The molecular weight excluding hydrogens is 264 g/mol. The van der Waals surface area contributed by atoms with Crippen LogP contribution in [0, 0.1) is 6.92 Å². The normalized spacial score (nSPS) is 21.1. The predicted molar refractivity (Wildman–Crippen MR) is 96.0 cm³/mol. The van der Waals surface area contributed by atoms with Crippen molar-refractivity contribution in [2.45, 2.75) is 26.2 Å². The topological polar surface area (TPSA) is 0 Å². The summed E-state index contributed by atoms with van der Waals surface area (Å²) in [7, 11) is 0. The van der Waals surface area contributed by atoms with Crippen LogP contribution < -0.4 is 0 Å². The lowest BCUT2D eigenvalue weighted by molar-refractivity contribution is 0.747. The quantitative estimate of drug-likeness (QED) is 0.609. The fourth-order valence-corrected chi connectivity index (χ4v) is 3.65. The SMILES string of the molecule is C=C1C(=C)C(/C(C)=C/C)(c2ccc(C)cc2)c2ccccc21. The zero-order valence-electron chi connectivity index (χ0n) is 13.6. The van der Waals surface area contributed by atoms with Gasteiger partial charge in [-0.1, -0.05) is 78.9 Å². The first-order valence-electron chi connectivity index (χ1n) is 7.72. The van der Waals surface area contributed by atoms with E-state index in [1.54, 1.807) is 0 Å². The second-order valence-electron chi connectivity index (χ2n) is 6.09. The molecule has 0 N–H and O–H groups in total. The van der Waals surface area contributed by atoms with Crippen LogP contribution in [0.4, 0.5) is 0 Å². The Balaban J connectivity index is 2.40. The zero-order valence-corrected chi connectivity index (χ0v) is 13.6. The van der Waals surface area contributed by atoms with E-state index in [0.717, 1.165) is 11.1 Å². The Labute approximate surface area is 133 Å². The maximum Gasteiger partial charge on any atom is 0.0664 e. The van der Waals surface area contributed by atoms with Gasteiger partial charge in [-0.25, -0.2) is 0 Å². The minimum Gasteiger partial charge on any atom is -0.0936 e. The molecule has 0 heterocycles. The van der Waals surface area contributed by atoms with Crippen molar-refractivity contribution in [3.63, 3.8) is 0 Å². The highest BCUT2D eigenvalue weighted by molar-refractivity contribution is 5.92. The fourth-order valence-electron chi connectivity index (χ4n) is 3.65. The number of hydrogen-bond acceptors (Lipinski definition) is 0. The Morgan fingerprint density at radius 1 is 1.00 bits per heavy atom. The average Bonchev–Trinajstić information content (AvgIpc) is 2.77. The van der Waals surface area contributed by atoms with Gasteiger partial charge < -0.3 is 0 Å². The standard InChI is InChI=1S/C22H22/c1-6-16(3)22(19-13-11-15(2)12-14-19)18(5)17(4)20-9-7-8-10-21(20)22/h6-14H,4-5H2,1-3H3/b16-6+. The van der Waals surface area contributed by atoms with Gasteiger partial charge in [-0.05, 0) is 48.6 Å². The van der Waals surface area contributed by atoms with Crippen molar-refractivity contribution in [3.8, 4) is 0 Å². The predicted octanol–water partition coefficient (Wildman–Crippen LogP) is 5.83. The first kappa shape index (κ1) is 14.6. The van der Waals surface area contributed by atoms with E-state index in [0.29, 0.717) is 0 Å². The summed E-state index contributed by atoms with van der Waals surface area (Å²) in [6, 6.07) is 17.4. The summed E-state index contributed by atoms with van der Waals surface area (Å²) in [5.74, 6) is 0. The van der Waals surface area contributed by atoms with Crippen molar-refractivity contribution < 1.29 is 0 Å². The van der Waals surface area contributed by atoms with Crippen LogP contribution >= 0.6 is 0 Å². The Morgan fingerprint density at radius 3 is 2.27 bits per heavy atom. The van der Waals surface area contributed by atoms with Crippen molar-refractivity contribution in [2.75, 3.05) is 0 Å². The van der Waals surface area contributed by atoms with Gasteiger partial charge in [-0.2, -0.15) is 0 Å². The van der Waals surface area contributed by atoms with Gasteiger partial charge in [0, 0.05) is 0 Å². The van der Waals surface area contributed by atoms with Gasteiger partial charge in [-0.15, -0.1) is 0 Å². The highest BCUT2D eigenvalue weighted by Crippen LogP contribution is 2.55. The van der Waals surface area contributed by atoms with Gasteiger partial charge in [0.2, 0.25) is 0 Å². The summed E-state index contributed by atoms with van der Waals surface area (Å²) in [5.41, 5.74) is 8.21. The second kappa shape index (κ2) is 5.14. The zero-order chi connectivity index (χ0) is 15.9. The number of rotatable bonds is 2. The molecule has 110 valence electrons. The number of benzene rings is 2. The van der Waals surface area contributed by atoms with Gasteiger partial charge in [-0.3, -0.25) is 0 Å². The Hall–Kier alpha value is -2.34. The third-order valence-corrected chi connectivity index (χ3v) is 4.98. The summed E-state index contributed by atoms with van der Waals surface area (Å²) in [6.07, 6.45) is 2.19. The number of hydrogen-bond donors (Lipinski definition) is 0. The van der Waals surface area contributed by atoms with E-state index < -0.39 is 0 Å². The van der Waals surface area contributed by atoms with E-state index in [-0.39, 0.29) is 5.41 Å². The van der Waals surface area contributed by atoms with Crippen molar-refractivity contribution in [2.24, 2.45) is 0 Å². The fraction of sp³-hybridized carbons (Fsp3) is 0.182. The van der Waals surface area contributed by atoms with Crippen molar-refractivity contribution in [1.29, 1.82) is 0 Å². The molecule has 0 amide bonds. The lowest BCUT2D eigenvalue weighted by Crippen LogP contribution is -2.28. The minimum atomic E-state index is -0.282. The molecule has 2 aromatic rings. The lowest BCUT2D eigenvalue weighted by Gasteiger charge is -2.34. The smallest absolute Gasteiger partial charge is 0.0664 e. The van der Waals surface area contributed by atoms with Gasteiger partial charge >= 0.3 is 0 Å². The molecule has 0 bridgehead atoms. The van der Waals surface area contributed by atoms with E-state index in [2.05, 4.69) is 88.5 Å². The summed E-state index contributed by atoms with van der Waals surface area (Å²) in [6.45, 7) is 15.2. The van der Waals surface area contributed by atoms with Crippen molar-refractivity contribution >= 4 is 5.57 Å². The van der Waals surface area contributed by atoms with Crippen LogP contribution in [0.1, 0.15) is 36.1 Å². The maximum atomic E-state index is 4.43. The molecular formula is C22H22. The van der Waals surface area contributed by atoms with E-state index >= 15 is 0 Å². The highest BCUT2D eigenvalue weighted by atomic mass is 14.5. The van der Waals surface area contributed by atoms with E-state index in [1.807, 2.05) is 0 Å². The largest absolute Gasteiger partial charge is 0.0936 e. The molecule has 1 aliphatic carbocycles. The van der Waals surface area contributed by atoms with E-state index in [4.69, 9.17) is 0 Å². The van der Waals surface area contributed by atoms with Crippen molar-refractivity contribution in [3.05, 3.63) is 101 Å². The lowest BCUT2D eigenvalue weighted by atomic mass is 9.68. The Morgan fingerprint density at radius 2 is 1.64 bits per heavy atom. The molecule has 22 heavy (non-hydrogen) atoms. The van der Waals surface area contributed by atoms with Crippen LogP contribution in [0.3, 0.4) is 0 Å². The molecule has 3 rings (SSSR count). The molecule has 0 fully saturated rings. The van der Waals surface area contributed by atoms with Crippen LogP contribution in [0.25, 0.3) is 5.57 Å². The molecule has 0 spiro atoms. The highest BCUT2D eigenvalue weighted by Gasteiger charge is 2.46. The molecule has 0 saturated carbocycles. The molecule has 2 aromatic carbocycles. The van der Waals surface area contributed by atoms with Gasteiger partial charge in [0.25, 0.3) is 0 Å². The maximum absolute atomic E-state index is 4.43. The summed E-state index contributed by atoms with van der Waals surface area (Å²) >= 11 is 0. The van der Waals surface area contributed by atoms with Gasteiger partial charge in [0.05, 0.1) is 5.41 Å². The number of aryl methyl sites for hydroxylation is 1. The number of fused-ring (bicyclic) bond motifs is 1. The first-order chi connectivity index (χ1) is 10.5. The van der Waals surface area contributed by atoms with Crippen LogP contribution in [0.5, 0.6) is 0 Å². The summed E-state index contributed by atoms with van der Waals surface area (Å²) < 4.78 is 0. The number of allylic oxidation sites excluding steroid dienone is 4. The third-order valence-electron chi connectivity index (χ3n) is 4.98. The van der Waals surface area contributed by atoms with Crippen LogP contribution in [-0.4, -0.2) is 0 Å². The average molecular weight is 286 g/mol. The molecule has 0 saturated heterocycles. The molecule has 1 atom stereocenters. The molecule has 0 nitrogen and oxygen atoms in total. The third kappa shape index (κ3) is 1.77. The Bertz CT molecular complexity index is 787. The minimum absolute atomic E-state index is 0.282. The molecule has 0 heteroatoms. The molecule has 0 radical (unpaired) electrons. The Kier molecular flexibility index (Phi) is 3.41. The van der Waals surface area contributed by atoms with Gasteiger partial charge in [0.1, 0.15) is 0 Å². The first-order valence-corrected chi connectivity index (χ1v) is 7.72. The summed E-state index contributed by atoms with van der Waals surface area (Å²) in [5, 5.41) is 0. The monoisotopic (exact) mass is 286 g/mol. The second-order valence-corrected chi connectivity index (χ2v) is 6.09.